The Kier molecular flexibility index (Phi) is 5.40. The van der Waals surface area contributed by atoms with Crippen molar-refractivity contribution in [3.63, 3.8) is 0 Å². The molecule has 0 atom stereocenters. The van der Waals surface area contributed by atoms with E-state index in [1.807, 2.05) is 48.5 Å². The summed E-state index contributed by atoms with van der Waals surface area (Å²) in [7, 11) is 1.61. The molecule has 0 aliphatic rings. The lowest BCUT2D eigenvalue weighted by Gasteiger charge is -2.05. The van der Waals surface area contributed by atoms with Gasteiger partial charge in [-0.3, -0.25) is 0 Å². The molecule has 0 fully saturated rings. The highest BCUT2D eigenvalue weighted by Gasteiger charge is 2.00. The van der Waals surface area contributed by atoms with Gasteiger partial charge in [0.1, 0.15) is 5.75 Å². The zero-order valence-electron chi connectivity index (χ0n) is 11.5. The summed E-state index contributed by atoms with van der Waals surface area (Å²) in [5.74, 6) is 0.753. The number of para-hydroxylation sites is 1. The van der Waals surface area contributed by atoms with Crippen LogP contribution in [0.5, 0.6) is 5.75 Å². The van der Waals surface area contributed by atoms with E-state index in [0.717, 1.165) is 15.8 Å². The van der Waals surface area contributed by atoms with Crippen molar-refractivity contribution in [1.82, 2.24) is 5.32 Å². The summed E-state index contributed by atoms with van der Waals surface area (Å²) in [6, 6.07) is 14.6. The molecular weight excluding hydrogens is 332 g/mol. The maximum absolute atomic E-state index is 11.7. The van der Waals surface area contributed by atoms with Gasteiger partial charge in [0, 0.05) is 21.9 Å². The van der Waals surface area contributed by atoms with Gasteiger partial charge in [0.05, 0.1) is 7.11 Å². The van der Waals surface area contributed by atoms with Crippen LogP contribution in [0.25, 0.3) is 6.08 Å². The minimum Gasteiger partial charge on any atom is -0.496 e. The molecule has 5 heteroatoms. The first-order valence-electron chi connectivity index (χ1n) is 6.31. The van der Waals surface area contributed by atoms with Crippen LogP contribution in [0.3, 0.4) is 0 Å². The predicted molar refractivity (Wildman–Crippen MR) is 88.3 cm³/mol. The van der Waals surface area contributed by atoms with Crippen LogP contribution in [0.4, 0.5) is 10.5 Å². The molecule has 2 amide bonds. The highest BCUT2D eigenvalue weighted by atomic mass is 79.9. The topological polar surface area (TPSA) is 50.4 Å². The van der Waals surface area contributed by atoms with E-state index in [9.17, 15) is 4.79 Å². The molecule has 0 aliphatic heterocycles. The van der Waals surface area contributed by atoms with Gasteiger partial charge in [0.25, 0.3) is 0 Å². The van der Waals surface area contributed by atoms with Gasteiger partial charge in [-0.05, 0) is 30.3 Å². The first kappa shape index (κ1) is 15.1. The van der Waals surface area contributed by atoms with Crippen LogP contribution in [0, 0.1) is 0 Å². The van der Waals surface area contributed by atoms with Gasteiger partial charge in [-0.1, -0.05) is 40.2 Å². The second-order valence-electron chi connectivity index (χ2n) is 4.18. The van der Waals surface area contributed by atoms with Crippen LogP contribution in [0.1, 0.15) is 5.56 Å². The van der Waals surface area contributed by atoms with Gasteiger partial charge in [-0.15, -0.1) is 0 Å². The van der Waals surface area contributed by atoms with Crippen LogP contribution in [0.15, 0.2) is 59.2 Å². The Labute approximate surface area is 132 Å². The number of halogens is 1. The number of amides is 2. The summed E-state index contributed by atoms with van der Waals surface area (Å²) in [6.07, 6.45) is 3.35. The molecule has 0 radical (unpaired) electrons. The molecule has 0 spiro atoms. The number of anilines is 1. The fraction of sp³-hybridized carbons (Fsp3) is 0.0625. The zero-order valence-corrected chi connectivity index (χ0v) is 13.1. The van der Waals surface area contributed by atoms with Crippen LogP contribution < -0.4 is 15.4 Å². The molecule has 2 aromatic carbocycles. The van der Waals surface area contributed by atoms with Crippen LogP contribution in [-0.4, -0.2) is 13.1 Å². The quantitative estimate of drug-likeness (QED) is 0.869. The highest BCUT2D eigenvalue weighted by molar-refractivity contribution is 9.10. The van der Waals surface area contributed by atoms with Crippen molar-refractivity contribution in [1.29, 1.82) is 0 Å². The summed E-state index contributed by atoms with van der Waals surface area (Å²) in [5.41, 5.74) is 1.61. The SMILES string of the molecule is COc1ccccc1/C=C/NC(=O)Nc1cccc(Br)c1. The number of carbonyl (C=O) groups is 1. The van der Waals surface area contributed by atoms with Crippen LogP contribution in [-0.2, 0) is 0 Å². The third-order valence-electron chi connectivity index (χ3n) is 2.70. The van der Waals surface area contributed by atoms with Gasteiger partial charge < -0.3 is 15.4 Å². The normalized spacial score (nSPS) is 10.4. The average molecular weight is 347 g/mol. The van der Waals surface area contributed by atoms with Crippen LogP contribution in [0.2, 0.25) is 0 Å². The Hall–Kier alpha value is -2.27. The Morgan fingerprint density at radius 3 is 2.76 bits per heavy atom. The summed E-state index contributed by atoms with van der Waals surface area (Å²) >= 11 is 3.35. The molecular formula is C16H15BrN2O2. The molecule has 0 unspecified atom stereocenters. The number of methoxy groups -OCH3 is 1. The third kappa shape index (κ3) is 4.65. The third-order valence-corrected chi connectivity index (χ3v) is 3.19. The molecule has 2 N–H and O–H groups in total. The number of rotatable bonds is 4. The highest BCUT2D eigenvalue weighted by Crippen LogP contribution is 2.18. The van der Waals surface area contributed by atoms with E-state index in [1.165, 1.54) is 0 Å². The van der Waals surface area contributed by atoms with Crippen LogP contribution >= 0.6 is 15.9 Å². The molecule has 4 nitrogen and oxygen atoms in total. The number of hydrogen-bond acceptors (Lipinski definition) is 2. The van der Waals surface area contributed by atoms with Crippen molar-refractivity contribution < 1.29 is 9.53 Å². The van der Waals surface area contributed by atoms with E-state index >= 15 is 0 Å². The lowest BCUT2D eigenvalue weighted by atomic mass is 10.2. The minimum absolute atomic E-state index is 0.306. The number of hydrogen-bond donors (Lipinski definition) is 2. The van der Waals surface area contributed by atoms with Gasteiger partial charge in [0.15, 0.2) is 0 Å². The van der Waals surface area contributed by atoms with Gasteiger partial charge in [-0.2, -0.15) is 0 Å². The zero-order chi connectivity index (χ0) is 15.1. The smallest absolute Gasteiger partial charge is 0.323 e. The summed E-state index contributed by atoms with van der Waals surface area (Å²) in [6.45, 7) is 0. The molecule has 0 saturated carbocycles. The van der Waals surface area contributed by atoms with E-state index in [-0.39, 0.29) is 6.03 Å². The Morgan fingerprint density at radius 2 is 2.00 bits per heavy atom. The number of carbonyl (C=O) groups excluding carboxylic acids is 1. The van der Waals surface area contributed by atoms with Gasteiger partial charge in [-0.25, -0.2) is 4.79 Å². The molecule has 0 aromatic heterocycles. The largest absolute Gasteiger partial charge is 0.496 e. The number of benzene rings is 2. The van der Waals surface area contributed by atoms with E-state index in [4.69, 9.17) is 4.74 Å². The maximum atomic E-state index is 11.7. The molecule has 108 valence electrons. The monoisotopic (exact) mass is 346 g/mol. The van der Waals surface area contributed by atoms with E-state index < -0.39 is 0 Å². The number of urea groups is 1. The second-order valence-corrected chi connectivity index (χ2v) is 5.10. The maximum Gasteiger partial charge on any atom is 0.323 e. The average Bonchev–Trinajstić information content (AvgIpc) is 2.47. The Bertz CT molecular complexity index is 656. The van der Waals surface area contributed by atoms with Crippen molar-refractivity contribution in [2.24, 2.45) is 0 Å². The lowest BCUT2D eigenvalue weighted by Crippen LogP contribution is -2.23. The molecule has 0 bridgehead atoms. The Balaban J connectivity index is 1.93. The summed E-state index contributed by atoms with van der Waals surface area (Å²) in [5, 5.41) is 5.38. The van der Waals surface area contributed by atoms with Gasteiger partial charge >= 0.3 is 6.03 Å². The molecule has 2 rings (SSSR count). The fourth-order valence-corrected chi connectivity index (χ4v) is 2.14. The molecule has 0 aliphatic carbocycles. The van der Waals surface area contributed by atoms with Crippen molar-refractivity contribution >= 4 is 33.7 Å². The van der Waals surface area contributed by atoms with E-state index in [2.05, 4.69) is 26.6 Å². The lowest BCUT2D eigenvalue weighted by molar-refractivity contribution is 0.255. The van der Waals surface area contributed by atoms with Crippen molar-refractivity contribution in [3.05, 3.63) is 64.8 Å². The van der Waals surface area contributed by atoms with Gasteiger partial charge in [0.2, 0.25) is 0 Å². The molecule has 0 heterocycles. The Morgan fingerprint density at radius 1 is 1.19 bits per heavy atom. The fourth-order valence-electron chi connectivity index (χ4n) is 1.74. The number of ether oxygens (including phenoxy) is 1. The van der Waals surface area contributed by atoms with Crippen molar-refractivity contribution in [2.75, 3.05) is 12.4 Å². The van der Waals surface area contributed by atoms with E-state index in [0.29, 0.717) is 5.69 Å². The predicted octanol–water partition coefficient (Wildman–Crippen LogP) is 4.25. The summed E-state index contributed by atoms with van der Waals surface area (Å²) in [4.78, 5) is 11.7. The van der Waals surface area contributed by atoms with Crippen molar-refractivity contribution in [3.8, 4) is 5.75 Å². The van der Waals surface area contributed by atoms with Crippen molar-refractivity contribution in [2.45, 2.75) is 0 Å². The standard InChI is InChI=1S/C16H15BrN2O2/c1-21-15-8-3-2-5-12(15)9-10-18-16(20)19-14-7-4-6-13(17)11-14/h2-11H,1H3,(H2,18,19,20)/b10-9+. The second kappa shape index (κ2) is 7.50. The minimum atomic E-state index is -0.306. The number of nitrogens with one attached hydrogen (secondary N) is 2. The molecule has 2 aromatic rings. The molecule has 0 saturated heterocycles. The summed E-state index contributed by atoms with van der Waals surface area (Å²) < 4.78 is 6.13. The van der Waals surface area contributed by atoms with E-state index in [1.54, 1.807) is 19.4 Å². The first-order chi connectivity index (χ1) is 10.2. The molecule has 21 heavy (non-hydrogen) atoms. The first-order valence-corrected chi connectivity index (χ1v) is 7.11.